The first-order valence-electron chi connectivity index (χ1n) is 8.56. The van der Waals surface area contributed by atoms with E-state index in [4.69, 9.17) is 4.74 Å². The molecule has 0 aliphatic rings. The Kier molecular flexibility index (Phi) is 10.3. The average molecular weight is 347 g/mol. The Bertz CT molecular complexity index is 566. The highest BCUT2D eigenvalue weighted by Gasteiger charge is 2.17. The number of carbonyl (C=O) groups excluding carboxylic acids is 1. The van der Waals surface area contributed by atoms with Crippen molar-refractivity contribution >= 4 is 5.97 Å². The molecule has 0 radical (unpaired) electrons. The number of rotatable bonds is 11. The quantitative estimate of drug-likeness (QED) is 0.366. The molecular weight excluding hydrogens is 318 g/mol. The zero-order valence-corrected chi connectivity index (χ0v) is 15.3. The van der Waals surface area contributed by atoms with E-state index >= 15 is 0 Å². The van der Waals surface area contributed by atoms with Crippen LogP contribution in [0.5, 0.6) is 0 Å². The summed E-state index contributed by atoms with van der Waals surface area (Å²) in [4.78, 5) is 11.5. The zero-order valence-electron chi connectivity index (χ0n) is 15.3. The summed E-state index contributed by atoms with van der Waals surface area (Å²) in [5.41, 5.74) is 2.25. The van der Waals surface area contributed by atoms with Crippen LogP contribution in [0.2, 0.25) is 0 Å². The summed E-state index contributed by atoms with van der Waals surface area (Å²) in [5.74, 6) is 0.476. The summed E-state index contributed by atoms with van der Waals surface area (Å²) in [5, 5.41) is 12.2. The minimum atomic E-state index is -0.705. The third-order valence-electron chi connectivity index (χ3n) is 3.86. The first kappa shape index (κ1) is 20.9. The topological polar surface area (TPSA) is 67.8 Å². The molecule has 138 valence electrons. The van der Waals surface area contributed by atoms with Crippen molar-refractivity contribution in [3.8, 4) is 0 Å². The van der Waals surface area contributed by atoms with Crippen LogP contribution in [0, 0.1) is 0 Å². The Morgan fingerprint density at radius 3 is 2.60 bits per heavy atom. The third-order valence-corrected chi connectivity index (χ3v) is 3.86. The van der Waals surface area contributed by atoms with Crippen molar-refractivity contribution in [3.05, 3.63) is 59.4 Å². The van der Waals surface area contributed by atoms with Crippen LogP contribution in [0.1, 0.15) is 32.3 Å². The second-order valence-electron chi connectivity index (χ2n) is 5.59. The van der Waals surface area contributed by atoms with Gasteiger partial charge in [0.25, 0.3) is 0 Å². The zero-order chi connectivity index (χ0) is 18.5. The predicted octanol–water partition coefficient (Wildman–Crippen LogP) is 2.96. The molecule has 25 heavy (non-hydrogen) atoms. The maximum atomic E-state index is 11.5. The Labute approximate surface area is 150 Å². The minimum absolute atomic E-state index is 0.292. The molecular formula is C20H29NO4. The van der Waals surface area contributed by atoms with Crippen LogP contribution in [-0.4, -0.2) is 37.4 Å². The summed E-state index contributed by atoms with van der Waals surface area (Å²) in [6.07, 6.45) is 5.60. The van der Waals surface area contributed by atoms with Crippen LogP contribution in [-0.2, 0) is 20.9 Å². The lowest BCUT2D eigenvalue weighted by molar-refractivity contribution is -0.144. The summed E-state index contributed by atoms with van der Waals surface area (Å²) in [7, 11) is 1.31. The number of carbonyl (C=O) groups is 1. The van der Waals surface area contributed by atoms with Crippen molar-refractivity contribution < 1.29 is 19.4 Å². The Hall–Kier alpha value is -2.11. The number of esters is 1. The summed E-state index contributed by atoms with van der Waals surface area (Å²) in [6.45, 7) is 4.78. The van der Waals surface area contributed by atoms with Gasteiger partial charge in [-0.05, 0) is 25.0 Å². The van der Waals surface area contributed by atoms with Crippen LogP contribution in [0.3, 0.4) is 0 Å². The fourth-order valence-corrected chi connectivity index (χ4v) is 2.21. The lowest BCUT2D eigenvalue weighted by Gasteiger charge is -2.15. The van der Waals surface area contributed by atoms with Gasteiger partial charge in [-0.15, -0.1) is 0 Å². The highest BCUT2D eigenvalue weighted by molar-refractivity contribution is 5.75. The molecule has 0 aliphatic heterocycles. The van der Waals surface area contributed by atoms with Crippen LogP contribution in [0.15, 0.2) is 53.8 Å². The molecule has 0 bridgehead atoms. The molecule has 0 spiro atoms. The van der Waals surface area contributed by atoms with Gasteiger partial charge < -0.3 is 14.6 Å². The van der Waals surface area contributed by atoms with Gasteiger partial charge in [0.05, 0.1) is 19.5 Å². The largest absolute Gasteiger partial charge is 0.494 e. The molecule has 0 saturated carbocycles. The van der Waals surface area contributed by atoms with Crippen LogP contribution >= 0.6 is 0 Å². The standard InChI is InChI=1S/C20H29NO4/c1-4-16(13-21-19(14-22)20(23)24-3)11-12-18(5-2)25-15-17-9-7-6-8-10-17/h4,6-10,12,19,21-22H,5,11,13-15H2,1-3H3/b16-4+,18-12+. The van der Waals surface area contributed by atoms with Gasteiger partial charge >= 0.3 is 5.97 Å². The maximum absolute atomic E-state index is 11.5. The van der Waals surface area contributed by atoms with E-state index in [1.807, 2.05) is 43.3 Å². The number of hydrogen-bond acceptors (Lipinski definition) is 5. The van der Waals surface area contributed by atoms with Gasteiger partial charge in [0.2, 0.25) is 0 Å². The van der Waals surface area contributed by atoms with Gasteiger partial charge in [0, 0.05) is 13.0 Å². The number of hydrogen-bond donors (Lipinski definition) is 2. The van der Waals surface area contributed by atoms with Gasteiger partial charge in [-0.2, -0.15) is 0 Å². The number of ether oxygens (including phenoxy) is 2. The second kappa shape index (κ2) is 12.3. The molecule has 0 heterocycles. The Morgan fingerprint density at radius 2 is 2.04 bits per heavy atom. The van der Waals surface area contributed by atoms with E-state index in [0.29, 0.717) is 13.2 Å². The third kappa shape index (κ3) is 8.01. The molecule has 1 rings (SSSR count). The van der Waals surface area contributed by atoms with E-state index in [0.717, 1.165) is 29.7 Å². The SMILES string of the molecule is C/C=C(\C/C=C(\CC)OCc1ccccc1)CNC(CO)C(=O)OC. The monoisotopic (exact) mass is 347 g/mol. The Morgan fingerprint density at radius 1 is 1.32 bits per heavy atom. The van der Waals surface area contributed by atoms with Gasteiger partial charge in [-0.3, -0.25) is 10.1 Å². The normalized spacial score (nSPS) is 13.4. The fourth-order valence-electron chi connectivity index (χ4n) is 2.21. The molecule has 1 aromatic carbocycles. The van der Waals surface area contributed by atoms with Gasteiger partial charge in [-0.25, -0.2) is 0 Å². The number of aliphatic hydroxyl groups excluding tert-OH is 1. The van der Waals surface area contributed by atoms with Crippen molar-refractivity contribution in [1.82, 2.24) is 5.32 Å². The molecule has 0 saturated heterocycles. The van der Waals surface area contributed by atoms with Crippen molar-refractivity contribution in [2.24, 2.45) is 0 Å². The number of methoxy groups -OCH3 is 1. The summed E-state index contributed by atoms with van der Waals surface area (Å²) in [6, 6.07) is 9.35. The van der Waals surface area contributed by atoms with E-state index in [1.165, 1.54) is 7.11 Å². The number of allylic oxidation sites excluding steroid dienone is 3. The molecule has 5 heteroatoms. The molecule has 2 N–H and O–H groups in total. The Balaban J connectivity index is 2.51. The van der Waals surface area contributed by atoms with Crippen molar-refractivity contribution in [1.29, 1.82) is 0 Å². The average Bonchev–Trinajstić information content (AvgIpc) is 2.67. The molecule has 0 amide bonds. The molecule has 0 fully saturated rings. The predicted molar refractivity (Wildman–Crippen MR) is 98.9 cm³/mol. The molecule has 0 aromatic heterocycles. The molecule has 1 unspecified atom stereocenters. The highest BCUT2D eigenvalue weighted by Crippen LogP contribution is 2.12. The smallest absolute Gasteiger partial charge is 0.325 e. The van der Waals surface area contributed by atoms with Crippen LogP contribution < -0.4 is 5.32 Å². The summed E-state index contributed by atoms with van der Waals surface area (Å²) < 4.78 is 10.5. The fraction of sp³-hybridized carbons (Fsp3) is 0.450. The van der Waals surface area contributed by atoms with Crippen molar-refractivity contribution in [2.45, 2.75) is 39.3 Å². The lowest BCUT2D eigenvalue weighted by atomic mass is 10.1. The van der Waals surface area contributed by atoms with Gasteiger partial charge in [0.1, 0.15) is 12.6 Å². The van der Waals surface area contributed by atoms with E-state index in [2.05, 4.69) is 23.1 Å². The highest BCUT2D eigenvalue weighted by atomic mass is 16.5. The van der Waals surface area contributed by atoms with Crippen molar-refractivity contribution in [2.75, 3.05) is 20.3 Å². The minimum Gasteiger partial charge on any atom is -0.494 e. The molecule has 1 atom stereocenters. The number of nitrogens with one attached hydrogen (secondary N) is 1. The van der Waals surface area contributed by atoms with Crippen molar-refractivity contribution in [3.63, 3.8) is 0 Å². The van der Waals surface area contributed by atoms with E-state index < -0.39 is 12.0 Å². The number of aliphatic hydroxyl groups is 1. The molecule has 5 nitrogen and oxygen atoms in total. The first-order valence-corrected chi connectivity index (χ1v) is 8.56. The second-order valence-corrected chi connectivity index (χ2v) is 5.59. The van der Waals surface area contributed by atoms with E-state index in [1.54, 1.807) is 0 Å². The van der Waals surface area contributed by atoms with Gasteiger partial charge in [-0.1, -0.05) is 48.9 Å². The lowest BCUT2D eigenvalue weighted by Crippen LogP contribution is -2.41. The first-order chi connectivity index (χ1) is 12.1. The summed E-state index contributed by atoms with van der Waals surface area (Å²) >= 11 is 0. The molecule has 1 aromatic rings. The number of benzene rings is 1. The van der Waals surface area contributed by atoms with E-state index in [9.17, 15) is 9.90 Å². The molecule has 0 aliphatic carbocycles. The van der Waals surface area contributed by atoms with Crippen LogP contribution in [0.25, 0.3) is 0 Å². The van der Waals surface area contributed by atoms with Gasteiger partial charge in [0.15, 0.2) is 0 Å². The maximum Gasteiger partial charge on any atom is 0.325 e. The van der Waals surface area contributed by atoms with Crippen LogP contribution in [0.4, 0.5) is 0 Å². The van der Waals surface area contributed by atoms with E-state index in [-0.39, 0.29) is 6.61 Å².